The first-order valence-corrected chi connectivity index (χ1v) is 7.90. The second-order valence-corrected chi connectivity index (χ2v) is 5.79. The Kier molecular flexibility index (Phi) is 4.59. The van der Waals surface area contributed by atoms with Gasteiger partial charge in [-0.2, -0.15) is 5.10 Å². The molecule has 2 fully saturated rings. The van der Waals surface area contributed by atoms with E-state index in [1.165, 1.54) is 18.0 Å². The number of hydrogen-bond donors (Lipinski definition) is 2. The molecule has 0 aromatic heterocycles. The normalized spacial score (nSPS) is 20.8. The standard InChI is InChI=1S/C14H16N4O3S/c19-12-7-11(18-3-5-21-6-4-18)2-1-10(12)8-15-17-14-16-13(20)9-22-14/h1-2,7-8,19H,3-6,9H2,(H,16,17,20). The third-order valence-corrected chi connectivity index (χ3v) is 4.19. The number of aromatic hydroxyl groups is 1. The summed E-state index contributed by atoms with van der Waals surface area (Å²) in [6, 6.07) is 5.45. The molecule has 0 unspecified atom stereocenters. The van der Waals surface area contributed by atoms with Gasteiger partial charge in [-0.1, -0.05) is 11.8 Å². The minimum absolute atomic E-state index is 0.0725. The predicted molar refractivity (Wildman–Crippen MR) is 86.8 cm³/mol. The van der Waals surface area contributed by atoms with Gasteiger partial charge >= 0.3 is 0 Å². The largest absolute Gasteiger partial charge is 0.507 e. The maximum Gasteiger partial charge on any atom is 0.236 e. The number of rotatable bonds is 3. The van der Waals surface area contributed by atoms with E-state index in [-0.39, 0.29) is 11.7 Å². The molecule has 0 bridgehead atoms. The number of benzene rings is 1. The van der Waals surface area contributed by atoms with Crippen LogP contribution in [0.4, 0.5) is 5.69 Å². The molecule has 22 heavy (non-hydrogen) atoms. The molecule has 0 saturated carbocycles. The molecule has 1 aromatic carbocycles. The number of phenols is 1. The van der Waals surface area contributed by atoms with E-state index in [4.69, 9.17) is 4.74 Å². The lowest BCUT2D eigenvalue weighted by Gasteiger charge is -2.29. The van der Waals surface area contributed by atoms with Crippen LogP contribution in [-0.2, 0) is 9.53 Å². The van der Waals surface area contributed by atoms with Crippen molar-refractivity contribution in [2.45, 2.75) is 0 Å². The lowest BCUT2D eigenvalue weighted by Crippen LogP contribution is -2.36. The number of nitrogens with zero attached hydrogens (tertiary/aromatic N) is 3. The fraction of sp³-hybridized carbons (Fsp3) is 0.357. The average Bonchev–Trinajstić information content (AvgIpc) is 2.95. The molecule has 2 aliphatic rings. The molecule has 0 radical (unpaired) electrons. The number of hydrogen-bond acceptors (Lipinski definition) is 7. The zero-order valence-electron chi connectivity index (χ0n) is 11.9. The Bertz CT molecular complexity index is 627. The molecule has 1 aromatic rings. The lowest BCUT2D eigenvalue weighted by atomic mass is 10.2. The van der Waals surface area contributed by atoms with E-state index in [9.17, 15) is 9.90 Å². The Morgan fingerprint density at radius 2 is 2.18 bits per heavy atom. The Labute approximate surface area is 132 Å². The number of ether oxygens (including phenoxy) is 1. The van der Waals surface area contributed by atoms with Crippen LogP contribution in [0.3, 0.4) is 0 Å². The summed E-state index contributed by atoms with van der Waals surface area (Å²) >= 11 is 1.31. The van der Waals surface area contributed by atoms with E-state index in [0.717, 1.165) is 18.8 Å². The highest BCUT2D eigenvalue weighted by molar-refractivity contribution is 8.15. The highest BCUT2D eigenvalue weighted by Crippen LogP contribution is 2.24. The van der Waals surface area contributed by atoms with Crippen LogP contribution in [0, 0.1) is 0 Å². The van der Waals surface area contributed by atoms with Gasteiger partial charge < -0.3 is 20.1 Å². The van der Waals surface area contributed by atoms with Crippen LogP contribution in [0.15, 0.2) is 28.4 Å². The number of phenolic OH excluding ortho intramolecular Hbond substituents is 1. The van der Waals surface area contributed by atoms with Crippen LogP contribution in [0.1, 0.15) is 5.56 Å². The van der Waals surface area contributed by atoms with Crippen molar-refractivity contribution in [3.05, 3.63) is 23.8 Å². The molecule has 2 aliphatic heterocycles. The minimum atomic E-state index is -0.0725. The van der Waals surface area contributed by atoms with Crippen molar-refractivity contribution in [3.63, 3.8) is 0 Å². The smallest absolute Gasteiger partial charge is 0.236 e. The van der Waals surface area contributed by atoms with Crippen LogP contribution >= 0.6 is 11.8 Å². The Morgan fingerprint density at radius 3 is 2.86 bits per heavy atom. The zero-order chi connectivity index (χ0) is 15.4. The number of amidine groups is 1. The number of amides is 1. The van der Waals surface area contributed by atoms with Crippen molar-refractivity contribution in [1.29, 1.82) is 0 Å². The Balaban J connectivity index is 1.68. The van der Waals surface area contributed by atoms with Crippen LogP contribution in [-0.4, -0.2) is 54.5 Å². The first-order chi connectivity index (χ1) is 10.7. The number of morpholine rings is 1. The molecule has 1 amide bonds. The summed E-state index contributed by atoms with van der Waals surface area (Å²) in [5, 5.41) is 20.9. The zero-order valence-corrected chi connectivity index (χ0v) is 12.7. The Hall–Kier alpha value is -2.06. The van der Waals surface area contributed by atoms with E-state index >= 15 is 0 Å². The molecule has 2 N–H and O–H groups in total. The lowest BCUT2D eigenvalue weighted by molar-refractivity contribution is -0.116. The van der Waals surface area contributed by atoms with Gasteiger partial charge in [0.15, 0.2) is 5.17 Å². The van der Waals surface area contributed by atoms with E-state index in [1.54, 1.807) is 12.1 Å². The summed E-state index contributed by atoms with van der Waals surface area (Å²) in [5.41, 5.74) is 1.54. The number of thioether (sulfide) groups is 1. The fourth-order valence-electron chi connectivity index (χ4n) is 2.18. The second-order valence-electron chi connectivity index (χ2n) is 4.83. The second kappa shape index (κ2) is 6.80. The summed E-state index contributed by atoms with van der Waals surface area (Å²) in [5.74, 6) is 0.445. The number of nitrogens with one attached hydrogen (secondary N) is 1. The van der Waals surface area contributed by atoms with Crippen LogP contribution in [0.5, 0.6) is 5.75 Å². The van der Waals surface area contributed by atoms with Gasteiger partial charge in [-0.25, -0.2) is 0 Å². The number of carbonyl (C=O) groups is 1. The maximum absolute atomic E-state index is 11.0. The van der Waals surface area contributed by atoms with Crippen molar-refractivity contribution in [3.8, 4) is 5.75 Å². The van der Waals surface area contributed by atoms with Crippen molar-refractivity contribution >= 4 is 34.7 Å². The summed E-state index contributed by atoms with van der Waals surface area (Å²) in [4.78, 5) is 13.2. The SMILES string of the molecule is O=C1CSC(=NN=Cc2ccc(N3CCOCC3)cc2O)N1. The van der Waals surface area contributed by atoms with Gasteiger partial charge in [-0.3, -0.25) is 4.79 Å². The predicted octanol–water partition coefficient (Wildman–Crippen LogP) is 0.782. The topological polar surface area (TPSA) is 86.5 Å². The van der Waals surface area contributed by atoms with Crippen LogP contribution in [0.25, 0.3) is 0 Å². The van der Waals surface area contributed by atoms with Gasteiger partial charge in [0.1, 0.15) is 5.75 Å². The molecule has 116 valence electrons. The summed E-state index contributed by atoms with van der Waals surface area (Å²) < 4.78 is 5.31. The van der Waals surface area contributed by atoms with E-state index < -0.39 is 0 Å². The molecule has 2 saturated heterocycles. The molecular weight excluding hydrogens is 304 g/mol. The number of carbonyl (C=O) groups excluding carboxylic acids is 1. The van der Waals surface area contributed by atoms with Crippen molar-refractivity contribution < 1.29 is 14.6 Å². The minimum Gasteiger partial charge on any atom is -0.507 e. The third kappa shape index (κ3) is 3.58. The maximum atomic E-state index is 11.0. The molecule has 3 rings (SSSR count). The molecule has 2 heterocycles. The van der Waals surface area contributed by atoms with Gasteiger partial charge in [0.2, 0.25) is 5.91 Å². The molecule has 7 nitrogen and oxygen atoms in total. The monoisotopic (exact) mass is 320 g/mol. The van der Waals surface area contributed by atoms with Crippen molar-refractivity contribution in [2.24, 2.45) is 10.2 Å². The number of anilines is 1. The van der Waals surface area contributed by atoms with E-state index in [0.29, 0.717) is 29.7 Å². The summed E-state index contributed by atoms with van der Waals surface area (Å²) in [7, 11) is 0. The van der Waals surface area contributed by atoms with Gasteiger partial charge in [0.05, 0.1) is 25.2 Å². The highest BCUT2D eigenvalue weighted by atomic mass is 32.2. The molecular formula is C14H16N4O3S. The fourth-order valence-corrected chi connectivity index (χ4v) is 2.81. The first kappa shape index (κ1) is 14.9. The average molecular weight is 320 g/mol. The van der Waals surface area contributed by atoms with Crippen LogP contribution < -0.4 is 10.2 Å². The van der Waals surface area contributed by atoms with E-state index in [1.807, 2.05) is 6.07 Å². The highest BCUT2D eigenvalue weighted by Gasteiger charge is 2.16. The molecule has 0 aliphatic carbocycles. The van der Waals surface area contributed by atoms with Gasteiger partial charge in [-0.05, 0) is 12.1 Å². The van der Waals surface area contributed by atoms with Crippen molar-refractivity contribution in [1.82, 2.24) is 5.32 Å². The summed E-state index contributed by atoms with van der Waals surface area (Å²) in [6.45, 7) is 3.03. The first-order valence-electron chi connectivity index (χ1n) is 6.92. The quantitative estimate of drug-likeness (QED) is 0.635. The molecule has 0 atom stereocenters. The summed E-state index contributed by atoms with van der Waals surface area (Å²) in [6.07, 6.45) is 1.47. The molecule has 0 spiro atoms. The Morgan fingerprint density at radius 1 is 1.36 bits per heavy atom. The van der Waals surface area contributed by atoms with Crippen molar-refractivity contribution in [2.75, 3.05) is 37.0 Å². The van der Waals surface area contributed by atoms with E-state index in [2.05, 4.69) is 20.4 Å². The van der Waals surface area contributed by atoms with Gasteiger partial charge in [-0.15, -0.1) is 5.10 Å². The van der Waals surface area contributed by atoms with Gasteiger partial charge in [0, 0.05) is 30.4 Å². The van der Waals surface area contributed by atoms with Gasteiger partial charge in [0.25, 0.3) is 0 Å². The third-order valence-electron chi connectivity index (χ3n) is 3.32. The van der Waals surface area contributed by atoms with Crippen LogP contribution in [0.2, 0.25) is 0 Å². The molecule has 8 heteroatoms.